The molecule has 0 saturated carbocycles. The lowest BCUT2D eigenvalue weighted by Gasteiger charge is -2.20. The van der Waals surface area contributed by atoms with Crippen LogP contribution in [-0.2, 0) is 4.79 Å². The SMILES string of the molecule is CSC(C)(C)CC(=O)Nc1sc(-c2cncc(F)c2)nc1C. The van der Waals surface area contributed by atoms with Crippen molar-refractivity contribution < 1.29 is 9.18 Å². The first-order chi connectivity index (χ1) is 10.3. The third-order valence-corrected chi connectivity index (χ3v) is 5.51. The lowest BCUT2D eigenvalue weighted by Crippen LogP contribution is -2.24. The van der Waals surface area contributed by atoms with Gasteiger partial charge >= 0.3 is 0 Å². The van der Waals surface area contributed by atoms with Gasteiger partial charge in [0.25, 0.3) is 0 Å². The van der Waals surface area contributed by atoms with Gasteiger partial charge < -0.3 is 5.32 Å². The number of thiazole rings is 1. The van der Waals surface area contributed by atoms with Crippen molar-refractivity contribution in [2.75, 3.05) is 11.6 Å². The Balaban J connectivity index is 2.15. The third-order valence-electron chi connectivity index (χ3n) is 3.14. The molecule has 0 aliphatic heterocycles. The molecule has 0 spiro atoms. The molecule has 1 N–H and O–H groups in total. The van der Waals surface area contributed by atoms with Crippen molar-refractivity contribution in [3.63, 3.8) is 0 Å². The molecule has 2 heterocycles. The molecular weight excluding hydrogens is 321 g/mol. The van der Waals surface area contributed by atoms with Gasteiger partial charge in [0.15, 0.2) is 0 Å². The fourth-order valence-electron chi connectivity index (χ4n) is 1.79. The topological polar surface area (TPSA) is 54.9 Å². The number of halogens is 1. The van der Waals surface area contributed by atoms with Crippen LogP contribution in [0.4, 0.5) is 9.39 Å². The maximum atomic E-state index is 13.2. The number of carbonyl (C=O) groups excluding carboxylic acids is 1. The van der Waals surface area contributed by atoms with Crippen LogP contribution < -0.4 is 5.32 Å². The van der Waals surface area contributed by atoms with Crippen LogP contribution in [0.5, 0.6) is 0 Å². The Hall–Kier alpha value is -1.47. The van der Waals surface area contributed by atoms with Crippen molar-refractivity contribution in [3.8, 4) is 10.6 Å². The van der Waals surface area contributed by atoms with Gasteiger partial charge in [0, 0.05) is 22.9 Å². The van der Waals surface area contributed by atoms with E-state index in [9.17, 15) is 9.18 Å². The molecule has 0 aliphatic rings. The fraction of sp³-hybridized carbons (Fsp3) is 0.400. The standard InChI is InChI=1S/C15H18FN3OS2/c1-9-13(19-12(20)6-15(2,3)21-4)22-14(18-9)10-5-11(16)8-17-7-10/h5,7-8H,6H2,1-4H3,(H,19,20). The van der Waals surface area contributed by atoms with Crippen molar-refractivity contribution in [2.45, 2.75) is 31.9 Å². The minimum atomic E-state index is -0.405. The highest BCUT2D eigenvalue weighted by Crippen LogP contribution is 2.32. The first kappa shape index (κ1) is 16.9. The molecule has 4 nitrogen and oxygen atoms in total. The van der Waals surface area contributed by atoms with Gasteiger partial charge in [0.2, 0.25) is 5.91 Å². The Kier molecular flexibility index (Phi) is 5.18. The van der Waals surface area contributed by atoms with Gasteiger partial charge in [0.05, 0.1) is 11.9 Å². The zero-order chi connectivity index (χ0) is 16.3. The van der Waals surface area contributed by atoms with E-state index < -0.39 is 5.82 Å². The quantitative estimate of drug-likeness (QED) is 0.890. The Morgan fingerprint density at radius 3 is 2.82 bits per heavy atom. The van der Waals surface area contributed by atoms with Gasteiger partial charge in [-0.15, -0.1) is 0 Å². The number of amides is 1. The molecule has 7 heteroatoms. The zero-order valence-electron chi connectivity index (χ0n) is 12.9. The lowest BCUT2D eigenvalue weighted by molar-refractivity contribution is -0.116. The molecule has 22 heavy (non-hydrogen) atoms. The van der Waals surface area contributed by atoms with Gasteiger partial charge in [-0.25, -0.2) is 9.37 Å². The molecule has 0 bridgehead atoms. The Morgan fingerprint density at radius 1 is 1.45 bits per heavy atom. The number of pyridine rings is 1. The summed E-state index contributed by atoms with van der Waals surface area (Å²) in [5.74, 6) is -0.451. The van der Waals surface area contributed by atoms with Gasteiger partial charge in [-0.05, 0) is 19.2 Å². The molecule has 0 radical (unpaired) electrons. The first-order valence-corrected chi connectivity index (χ1v) is 8.78. The fourth-order valence-corrected chi connectivity index (χ4v) is 3.03. The average Bonchev–Trinajstić information content (AvgIpc) is 2.79. The van der Waals surface area contributed by atoms with Crippen molar-refractivity contribution in [3.05, 3.63) is 30.0 Å². The van der Waals surface area contributed by atoms with E-state index in [0.717, 1.165) is 11.9 Å². The molecule has 0 atom stereocenters. The minimum Gasteiger partial charge on any atom is -0.316 e. The van der Waals surface area contributed by atoms with Crippen LogP contribution in [0, 0.1) is 12.7 Å². The summed E-state index contributed by atoms with van der Waals surface area (Å²) in [6, 6.07) is 1.38. The van der Waals surface area contributed by atoms with Crippen LogP contribution in [0.2, 0.25) is 0 Å². The normalized spacial score (nSPS) is 11.5. The van der Waals surface area contributed by atoms with E-state index in [4.69, 9.17) is 0 Å². The van der Waals surface area contributed by atoms with E-state index in [-0.39, 0.29) is 10.7 Å². The highest BCUT2D eigenvalue weighted by molar-refractivity contribution is 7.99. The Bertz CT molecular complexity index is 685. The molecule has 2 aromatic heterocycles. The predicted molar refractivity (Wildman–Crippen MR) is 90.9 cm³/mol. The van der Waals surface area contributed by atoms with Gasteiger partial charge in [0.1, 0.15) is 15.8 Å². The zero-order valence-corrected chi connectivity index (χ0v) is 14.6. The average molecular weight is 339 g/mol. The summed E-state index contributed by atoms with van der Waals surface area (Å²) in [5.41, 5.74) is 1.33. The predicted octanol–water partition coefficient (Wildman–Crippen LogP) is 4.12. The van der Waals surface area contributed by atoms with Crippen molar-refractivity contribution in [1.29, 1.82) is 0 Å². The van der Waals surface area contributed by atoms with Gasteiger partial charge in [-0.1, -0.05) is 25.2 Å². The number of hydrogen-bond donors (Lipinski definition) is 1. The Labute approximate surface area is 137 Å². The number of hydrogen-bond acceptors (Lipinski definition) is 5. The second kappa shape index (κ2) is 6.75. The van der Waals surface area contributed by atoms with Crippen LogP contribution in [0.1, 0.15) is 26.0 Å². The van der Waals surface area contributed by atoms with E-state index in [1.165, 1.54) is 17.4 Å². The Morgan fingerprint density at radius 2 is 2.18 bits per heavy atom. The smallest absolute Gasteiger partial charge is 0.226 e. The van der Waals surface area contributed by atoms with Gasteiger partial charge in [-0.2, -0.15) is 11.8 Å². The number of thioether (sulfide) groups is 1. The summed E-state index contributed by atoms with van der Waals surface area (Å²) in [5, 5.41) is 4.23. The molecule has 2 aromatic rings. The van der Waals surface area contributed by atoms with E-state index in [2.05, 4.69) is 15.3 Å². The number of carbonyl (C=O) groups is 1. The number of aromatic nitrogens is 2. The molecule has 0 saturated heterocycles. The molecule has 0 fully saturated rings. The van der Waals surface area contributed by atoms with Crippen LogP contribution in [0.3, 0.4) is 0 Å². The van der Waals surface area contributed by atoms with Crippen molar-refractivity contribution in [1.82, 2.24) is 9.97 Å². The maximum absolute atomic E-state index is 13.2. The molecule has 2 rings (SSSR count). The van der Waals surface area contributed by atoms with Crippen LogP contribution in [-0.4, -0.2) is 26.9 Å². The highest BCUT2D eigenvalue weighted by Gasteiger charge is 2.22. The summed E-state index contributed by atoms with van der Waals surface area (Å²) in [4.78, 5) is 20.3. The van der Waals surface area contributed by atoms with Crippen LogP contribution >= 0.6 is 23.1 Å². The van der Waals surface area contributed by atoms with Crippen molar-refractivity contribution in [2.24, 2.45) is 0 Å². The number of aryl methyl sites for hydroxylation is 1. The minimum absolute atomic E-state index is 0.0463. The summed E-state index contributed by atoms with van der Waals surface area (Å²) in [7, 11) is 0. The van der Waals surface area contributed by atoms with Crippen LogP contribution in [0.15, 0.2) is 18.5 Å². The number of nitrogens with one attached hydrogen (secondary N) is 1. The third kappa shape index (κ3) is 4.27. The molecule has 0 aliphatic carbocycles. The first-order valence-electron chi connectivity index (χ1n) is 6.74. The van der Waals surface area contributed by atoms with Crippen LogP contribution in [0.25, 0.3) is 10.6 Å². The highest BCUT2D eigenvalue weighted by atomic mass is 32.2. The van der Waals surface area contributed by atoms with E-state index in [1.54, 1.807) is 18.0 Å². The number of nitrogens with zero attached hydrogens (tertiary/aromatic N) is 2. The largest absolute Gasteiger partial charge is 0.316 e. The van der Waals surface area contributed by atoms with E-state index >= 15 is 0 Å². The van der Waals surface area contributed by atoms with Crippen molar-refractivity contribution >= 4 is 34.0 Å². The molecular formula is C15H18FN3OS2. The second-order valence-corrected chi connectivity index (χ2v) is 8.03. The molecule has 1 amide bonds. The lowest BCUT2D eigenvalue weighted by atomic mass is 10.1. The second-order valence-electron chi connectivity index (χ2n) is 5.51. The van der Waals surface area contributed by atoms with E-state index in [1.807, 2.05) is 27.0 Å². The molecule has 0 aromatic carbocycles. The summed E-state index contributed by atoms with van der Waals surface area (Å²) in [6.07, 6.45) is 5.11. The molecule has 0 unspecified atom stereocenters. The maximum Gasteiger partial charge on any atom is 0.226 e. The number of rotatable bonds is 5. The molecule has 118 valence electrons. The monoisotopic (exact) mass is 339 g/mol. The summed E-state index contributed by atoms with van der Waals surface area (Å²) in [6.45, 7) is 5.88. The van der Waals surface area contributed by atoms with Gasteiger partial charge in [-0.3, -0.25) is 9.78 Å². The van der Waals surface area contributed by atoms with E-state index in [0.29, 0.717) is 22.0 Å². The summed E-state index contributed by atoms with van der Waals surface area (Å²) < 4.78 is 13.1. The number of anilines is 1. The summed E-state index contributed by atoms with van der Waals surface area (Å²) >= 11 is 2.98.